The van der Waals surface area contributed by atoms with Crippen LogP contribution in [0.3, 0.4) is 0 Å². The first-order chi connectivity index (χ1) is 27.1. The first-order valence-electron chi connectivity index (χ1n) is 19.3. The summed E-state index contributed by atoms with van der Waals surface area (Å²) in [6.45, 7) is 7.06. The molecule has 2 atom stereocenters. The molecule has 0 amide bonds. The van der Waals surface area contributed by atoms with Crippen molar-refractivity contribution >= 4 is 53.4 Å². The van der Waals surface area contributed by atoms with E-state index in [4.69, 9.17) is 5.11 Å². The van der Waals surface area contributed by atoms with Gasteiger partial charge in [-0.05, 0) is 101 Å². The fourth-order valence-corrected chi connectivity index (χ4v) is 9.72. The van der Waals surface area contributed by atoms with E-state index in [1.54, 1.807) is 18.2 Å². The second-order valence-corrected chi connectivity index (χ2v) is 19.7. The molecule has 2 aromatic rings. The number of phenols is 1. The standard InChI is InChI=1S/C41H54N2O12S3/c1-4-42-35-23-21-32(58(53,54)55)30-34(35)41(3,25-13-16-28-57(50,51)52)37(42)17-9-6-5-7-10-18-38-40(2,24-12-15-27-56(47,48)49)33-29-31(44)20-22-36(33)43(38)26-14-8-11-19-39(45)46/h5-7,9-10,17-18,20-23,29-30H,4,8,11-16,19,24-28H2,1-3H3,(H4-,44,45,46,47,48,49,50,51,52,53,54,55)/p+1. The van der Waals surface area contributed by atoms with E-state index in [0.29, 0.717) is 63.6 Å². The Labute approximate surface area is 342 Å². The van der Waals surface area contributed by atoms with Crippen LogP contribution in [0.2, 0.25) is 0 Å². The largest absolute Gasteiger partial charge is 0.508 e. The van der Waals surface area contributed by atoms with Crippen molar-refractivity contribution in [3.05, 3.63) is 95.8 Å². The van der Waals surface area contributed by atoms with Crippen molar-refractivity contribution < 1.29 is 58.5 Å². The Balaban J connectivity index is 1.64. The molecule has 2 aliphatic heterocycles. The van der Waals surface area contributed by atoms with Gasteiger partial charge in [0, 0.05) is 53.9 Å². The normalized spacial score (nSPS) is 20.7. The van der Waals surface area contributed by atoms with Crippen LogP contribution in [-0.4, -0.2) is 90.0 Å². The van der Waals surface area contributed by atoms with Gasteiger partial charge in [-0.1, -0.05) is 43.2 Å². The van der Waals surface area contributed by atoms with Crippen LogP contribution >= 0.6 is 0 Å². The number of hydrogen-bond acceptors (Lipinski definition) is 9. The third kappa shape index (κ3) is 12.0. The number of carbonyl (C=O) groups is 1. The van der Waals surface area contributed by atoms with Gasteiger partial charge in [0.25, 0.3) is 30.4 Å². The number of unbranched alkanes of at least 4 members (excludes halogenated alkanes) is 4. The molecule has 58 heavy (non-hydrogen) atoms. The minimum Gasteiger partial charge on any atom is -0.508 e. The molecule has 14 nitrogen and oxygen atoms in total. The lowest BCUT2D eigenvalue weighted by molar-refractivity contribution is -0.438. The molecule has 17 heteroatoms. The highest BCUT2D eigenvalue weighted by molar-refractivity contribution is 7.86. The van der Waals surface area contributed by atoms with Gasteiger partial charge in [0.15, 0.2) is 5.71 Å². The summed E-state index contributed by atoms with van der Waals surface area (Å²) >= 11 is 0. The number of carboxylic acid groups (broad SMARTS) is 1. The summed E-state index contributed by atoms with van der Waals surface area (Å²) in [4.78, 5) is 12.9. The third-order valence-electron chi connectivity index (χ3n) is 10.9. The first-order valence-corrected chi connectivity index (χ1v) is 24.0. The van der Waals surface area contributed by atoms with Crippen LogP contribution in [0.1, 0.15) is 96.1 Å². The van der Waals surface area contributed by atoms with E-state index in [1.165, 1.54) is 12.1 Å². The second-order valence-electron chi connectivity index (χ2n) is 15.2. The van der Waals surface area contributed by atoms with Crippen LogP contribution in [0.5, 0.6) is 5.75 Å². The summed E-state index contributed by atoms with van der Waals surface area (Å²) in [6.07, 6.45) is 17.5. The lowest BCUT2D eigenvalue weighted by Gasteiger charge is -2.30. The van der Waals surface area contributed by atoms with Gasteiger partial charge >= 0.3 is 5.97 Å². The molecule has 0 fully saturated rings. The highest BCUT2D eigenvalue weighted by Crippen LogP contribution is 2.51. The molecule has 2 heterocycles. The molecule has 318 valence electrons. The van der Waals surface area contributed by atoms with E-state index >= 15 is 0 Å². The average Bonchev–Trinajstić information content (AvgIpc) is 3.49. The van der Waals surface area contributed by atoms with Crippen LogP contribution in [0.25, 0.3) is 0 Å². The fraction of sp³-hybridized carbons (Fsp3) is 0.463. The molecule has 2 aromatic carbocycles. The molecule has 0 spiro atoms. The Hall–Kier alpha value is -4.13. The van der Waals surface area contributed by atoms with Crippen molar-refractivity contribution in [1.82, 2.24) is 0 Å². The number of allylic oxidation sites excluding steroid dienone is 8. The maximum atomic E-state index is 12.1. The lowest BCUT2D eigenvalue weighted by atomic mass is 9.75. The maximum Gasteiger partial charge on any atom is 0.303 e. The van der Waals surface area contributed by atoms with Crippen molar-refractivity contribution in [2.75, 3.05) is 29.5 Å². The van der Waals surface area contributed by atoms with Gasteiger partial charge < -0.3 is 15.1 Å². The van der Waals surface area contributed by atoms with Crippen LogP contribution < -0.4 is 4.90 Å². The Morgan fingerprint density at radius 2 is 1.36 bits per heavy atom. The number of hydrogen-bond donors (Lipinski definition) is 5. The molecule has 0 radical (unpaired) electrons. The molecule has 2 unspecified atom stereocenters. The van der Waals surface area contributed by atoms with Gasteiger partial charge in [0.2, 0.25) is 5.69 Å². The van der Waals surface area contributed by atoms with Gasteiger partial charge in [-0.15, -0.1) is 0 Å². The number of nitrogens with zero attached hydrogens (tertiary/aromatic N) is 2. The fourth-order valence-electron chi connectivity index (χ4n) is 8.08. The zero-order valence-corrected chi connectivity index (χ0v) is 35.6. The zero-order valence-electron chi connectivity index (χ0n) is 33.1. The molecule has 2 aliphatic rings. The van der Waals surface area contributed by atoms with E-state index in [0.717, 1.165) is 28.3 Å². The van der Waals surface area contributed by atoms with Crippen molar-refractivity contribution in [2.45, 2.75) is 101 Å². The second kappa shape index (κ2) is 19.3. The predicted molar refractivity (Wildman–Crippen MR) is 224 cm³/mol. The number of aromatic hydroxyl groups is 1. The summed E-state index contributed by atoms with van der Waals surface area (Å²) in [6, 6.07) is 9.62. The number of anilines is 1. The summed E-state index contributed by atoms with van der Waals surface area (Å²) in [5, 5.41) is 19.6. The Kier molecular flexibility index (Phi) is 15.5. The molecule has 4 rings (SSSR count). The number of likely N-dealkylation sites (N-methyl/N-ethyl adjacent to an activating group) is 1. The van der Waals surface area contributed by atoms with Crippen molar-refractivity contribution in [2.24, 2.45) is 0 Å². The first kappa shape index (κ1) is 46.6. The molecular weight excluding hydrogens is 809 g/mol. The molecule has 0 saturated carbocycles. The van der Waals surface area contributed by atoms with E-state index in [2.05, 4.69) is 4.58 Å². The van der Waals surface area contributed by atoms with Gasteiger partial charge in [0.1, 0.15) is 12.3 Å². The monoisotopic (exact) mass is 863 g/mol. The van der Waals surface area contributed by atoms with Gasteiger partial charge in [0.05, 0.1) is 21.8 Å². The summed E-state index contributed by atoms with van der Waals surface area (Å²) in [5.41, 5.74) is 3.59. The Morgan fingerprint density at radius 3 is 1.97 bits per heavy atom. The number of fused-ring (bicyclic) bond motifs is 2. The lowest BCUT2D eigenvalue weighted by Crippen LogP contribution is -2.31. The van der Waals surface area contributed by atoms with E-state index in [9.17, 15) is 48.8 Å². The number of carboxylic acids is 1. The average molecular weight is 864 g/mol. The minimum atomic E-state index is -4.49. The molecule has 0 aromatic heterocycles. The van der Waals surface area contributed by atoms with Gasteiger partial charge in [-0.25, -0.2) is 0 Å². The molecule has 0 saturated heterocycles. The highest BCUT2D eigenvalue weighted by atomic mass is 32.2. The molecule has 0 bridgehead atoms. The van der Waals surface area contributed by atoms with E-state index in [1.807, 2.05) is 74.3 Å². The number of phenolic OH excluding ortho intramolecular Hbond substituents is 1. The van der Waals surface area contributed by atoms with Gasteiger partial charge in [-0.2, -0.15) is 29.8 Å². The van der Waals surface area contributed by atoms with Crippen molar-refractivity contribution in [3.8, 4) is 5.75 Å². The van der Waals surface area contributed by atoms with Crippen LogP contribution in [0.4, 0.5) is 11.4 Å². The van der Waals surface area contributed by atoms with Gasteiger partial charge in [-0.3, -0.25) is 18.5 Å². The smallest absolute Gasteiger partial charge is 0.303 e. The number of benzene rings is 2. The van der Waals surface area contributed by atoms with Crippen LogP contribution in [-0.2, 0) is 46.0 Å². The van der Waals surface area contributed by atoms with Crippen LogP contribution in [0, 0.1) is 0 Å². The van der Waals surface area contributed by atoms with E-state index < -0.39 is 52.9 Å². The summed E-state index contributed by atoms with van der Waals surface area (Å²) in [5.74, 6) is -1.52. The quantitative estimate of drug-likeness (QED) is 0.0345. The summed E-state index contributed by atoms with van der Waals surface area (Å²) < 4.78 is 100. The molecule has 5 N–H and O–H groups in total. The SMILES string of the molecule is CCN1/C(=C/C=C/C=C/C=C/C2=[N+](CCCCCC(=O)O)c3ccc(O)cc3C2(C)CCCCS(=O)(=O)O)C(C)(CCCCS(=O)(=O)O)c2cc(S(=O)(=O)O)ccc21. The highest BCUT2D eigenvalue weighted by Gasteiger charge is 2.47. The molecular formula is C41H55N2O12S3+. The minimum absolute atomic E-state index is 0.0794. The Bertz CT molecular complexity index is 2330. The van der Waals surface area contributed by atoms with E-state index in [-0.39, 0.29) is 35.7 Å². The zero-order chi connectivity index (χ0) is 42.9. The number of aliphatic carboxylic acids is 1. The molecule has 0 aliphatic carbocycles. The maximum absolute atomic E-state index is 12.1. The van der Waals surface area contributed by atoms with Crippen molar-refractivity contribution in [1.29, 1.82) is 0 Å². The Morgan fingerprint density at radius 1 is 0.741 bits per heavy atom. The summed E-state index contributed by atoms with van der Waals surface area (Å²) in [7, 11) is -12.8. The topological polar surface area (TPSA) is 227 Å². The van der Waals surface area contributed by atoms with Crippen LogP contribution in [0.15, 0.2) is 89.5 Å². The number of rotatable bonds is 22. The van der Waals surface area contributed by atoms with Crippen molar-refractivity contribution in [3.63, 3.8) is 0 Å². The predicted octanol–water partition coefficient (Wildman–Crippen LogP) is 7.11. The third-order valence-corrected chi connectivity index (χ3v) is 13.4.